The molecule has 2 atom stereocenters. The van der Waals surface area contributed by atoms with Crippen molar-refractivity contribution in [3.63, 3.8) is 0 Å². The molecule has 3 rings (SSSR count). The number of aliphatic hydroxyl groups is 1. The van der Waals surface area contributed by atoms with E-state index in [0.717, 1.165) is 5.56 Å². The van der Waals surface area contributed by atoms with Crippen molar-refractivity contribution in [2.45, 2.75) is 5.92 Å². The molecule has 1 N–H and O–H groups in total. The van der Waals surface area contributed by atoms with Crippen molar-refractivity contribution in [1.82, 2.24) is 8.61 Å². The van der Waals surface area contributed by atoms with Gasteiger partial charge in [0.25, 0.3) is 10.2 Å². The van der Waals surface area contributed by atoms with Crippen LogP contribution >= 0.6 is 11.3 Å². The maximum atomic E-state index is 12.7. The molecule has 2 aliphatic heterocycles. The third-order valence-corrected chi connectivity index (χ3v) is 6.91. The maximum Gasteiger partial charge on any atom is 0.282 e. The summed E-state index contributed by atoms with van der Waals surface area (Å²) in [7, 11) is -3.45. The van der Waals surface area contributed by atoms with Crippen LogP contribution in [0.25, 0.3) is 0 Å². The Hall–Kier alpha value is -0.510. The van der Waals surface area contributed by atoms with Gasteiger partial charge >= 0.3 is 0 Å². The molecule has 0 bridgehead atoms. The lowest BCUT2D eigenvalue weighted by Crippen LogP contribution is -2.48. The fourth-order valence-electron chi connectivity index (χ4n) is 3.01. The maximum absolute atomic E-state index is 12.7. The minimum absolute atomic E-state index is 0.00957. The highest BCUT2D eigenvalue weighted by atomic mass is 32.2. The summed E-state index contributed by atoms with van der Waals surface area (Å²) in [5.41, 5.74) is 1.12. The van der Waals surface area contributed by atoms with E-state index in [4.69, 9.17) is 4.74 Å². The highest BCUT2D eigenvalue weighted by Crippen LogP contribution is 2.35. The Kier molecular flexibility index (Phi) is 4.63. The molecular weight excluding hydrogens is 312 g/mol. The first-order valence-electron chi connectivity index (χ1n) is 7.09. The van der Waals surface area contributed by atoms with Gasteiger partial charge in [0.05, 0.1) is 13.2 Å². The van der Waals surface area contributed by atoms with Crippen LogP contribution in [0.1, 0.15) is 11.5 Å². The molecule has 0 unspecified atom stereocenters. The van der Waals surface area contributed by atoms with Gasteiger partial charge in [-0.2, -0.15) is 28.4 Å². The van der Waals surface area contributed by atoms with Crippen molar-refractivity contribution in [2.75, 3.05) is 46.0 Å². The molecule has 0 radical (unpaired) electrons. The molecule has 3 heterocycles. The SMILES string of the molecule is O=S(=O)(N1CCOCC1)N1C[C@H](CO)[C@H](c2ccsc2)C1. The second-order valence-electron chi connectivity index (χ2n) is 5.44. The second kappa shape index (κ2) is 6.31. The molecule has 2 saturated heterocycles. The van der Waals surface area contributed by atoms with Gasteiger partial charge in [0.15, 0.2) is 0 Å². The van der Waals surface area contributed by atoms with Crippen molar-refractivity contribution in [3.05, 3.63) is 22.4 Å². The molecule has 21 heavy (non-hydrogen) atoms. The number of morpholine rings is 1. The zero-order valence-corrected chi connectivity index (χ0v) is 13.4. The summed E-state index contributed by atoms with van der Waals surface area (Å²) < 4.78 is 33.6. The number of thiophene rings is 1. The molecule has 0 amide bonds. The average molecular weight is 332 g/mol. The Bertz CT molecular complexity index is 555. The van der Waals surface area contributed by atoms with Gasteiger partial charge in [-0.3, -0.25) is 0 Å². The van der Waals surface area contributed by atoms with E-state index in [0.29, 0.717) is 39.4 Å². The normalized spacial score (nSPS) is 29.0. The van der Waals surface area contributed by atoms with E-state index in [1.54, 1.807) is 11.3 Å². The monoisotopic (exact) mass is 332 g/mol. The Labute approximate surface area is 129 Å². The van der Waals surface area contributed by atoms with Gasteiger partial charge < -0.3 is 9.84 Å². The average Bonchev–Trinajstić information content (AvgIpc) is 3.17. The zero-order chi connectivity index (χ0) is 14.9. The van der Waals surface area contributed by atoms with Gasteiger partial charge in [0, 0.05) is 44.6 Å². The summed E-state index contributed by atoms with van der Waals surface area (Å²) in [5, 5.41) is 13.6. The lowest BCUT2D eigenvalue weighted by molar-refractivity contribution is 0.0704. The Balaban J connectivity index is 1.77. The van der Waals surface area contributed by atoms with E-state index in [2.05, 4.69) is 0 Å². The molecule has 118 valence electrons. The molecule has 0 aromatic carbocycles. The molecule has 8 heteroatoms. The zero-order valence-electron chi connectivity index (χ0n) is 11.7. The first-order chi connectivity index (χ1) is 10.1. The second-order valence-corrected chi connectivity index (χ2v) is 8.15. The fourth-order valence-corrected chi connectivity index (χ4v) is 5.40. The van der Waals surface area contributed by atoms with Crippen molar-refractivity contribution < 1.29 is 18.3 Å². The van der Waals surface area contributed by atoms with Crippen LogP contribution in [0, 0.1) is 5.92 Å². The van der Waals surface area contributed by atoms with E-state index >= 15 is 0 Å². The molecule has 1 aromatic heterocycles. The van der Waals surface area contributed by atoms with E-state index < -0.39 is 10.2 Å². The van der Waals surface area contributed by atoms with Crippen LogP contribution in [0.15, 0.2) is 16.8 Å². The standard InChI is InChI=1S/C13H20N2O4S2/c16-9-12-7-15(8-13(12)11-1-6-20-10-11)21(17,18)14-2-4-19-5-3-14/h1,6,10,12-13,16H,2-5,7-9H2/t12-,13+/m1/s1. The van der Waals surface area contributed by atoms with Gasteiger partial charge in [-0.1, -0.05) is 0 Å². The van der Waals surface area contributed by atoms with Crippen molar-refractivity contribution >= 4 is 21.5 Å². The van der Waals surface area contributed by atoms with E-state index in [-0.39, 0.29) is 18.4 Å². The number of aliphatic hydroxyl groups excluding tert-OH is 1. The molecule has 2 aliphatic rings. The molecular formula is C13H20N2O4S2. The van der Waals surface area contributed by atoms with Gasteiger partial charge in [-0.15, -0.1) is 0 Å². The number of ether oxygens (including phenoxy) is 1. The molecule has 0 aliphatic carbocycles. The van der Waals surface area contributed by atoms with Gasteiger partial charge in [-0.25, -0.2) is 0 Å². The number of hydrogen-bond acceptors (Lipinski definition) is 5. The van der Waals surface area contributed by atoms with Gasteiger partial charge in [0.1, 0.15) is 0 Å². The summed E-state index contributed by atoms with van der Waals surface area (Å²) in [6.07, 6.45) is 0. The largest absolute Gasteiger partial charge is 0.396 e. The highest BCUT2D eigenvalue weighted by molar-refractivity contribution is 7.86. The van der Waals surface area contributed by atoms with Crippen LogP contribution in [-0.4, -0.2) is 68.1 Å². The van der Waals surface area contributed by atoms with Crippen LogP contribution in [-0.2, 0) is 14.9 Å². The number of hydrogen-bond donors (Lipinski definition) is 1. The van der Waals surface area contributed by atoms with Crippen LogP contribution < -0.4 is 0 Å². The summed E-state index contributed by atoms with van der Waals surface area (Å²) in [6.45, 7) is 2.56. The summed E-state index contributed by atoms with van der Waals surface area (Å²) in [5.74, 6) is 0.0486. The first-order valence-corrected chi connectivity index (χ1v) is 9.43. The van der Waals surface area contributed by atoms with Crippen LogP contribution in [0.3, 0.4) is 0 Å². The minimum Gasteiger partial charge on any atom is -0.396 e. The predicted molar refractivity (Wildman–Crippen MR) is 80.5 cm³/mol. The molecule has 6 nitrogen and oxygen atoms in total. The Morgan fingerprint density at radius 1 is 1.29 bits per heavy atom. The quantitative estimate of drug-likeness (QED) is 0.863. The molecule has 0 saturated carbocycles. The summed E-state index contributed by atoms with van der Waals surface area (Å²) in [6, 6.07) is 2.02. The fraction of sp³-hybridized carbons (Fsp3) is 0.692. The summed E-state index contributed by atoms with van der Waals surface area (Å²) in [4.78, 5) is 0. The van der Waals surface area contributed by atoms with Gasteiger partial charge in [0.2, 0.25) is 0 Å². The van der Waals surface area contributed by atoms with Crippen molar-refractivity contribution in [3.8, 4) is 0 Å². The minimum atomic E-state index is -3.45. The number of nitrogens with zero attached hydrogens (tertiary/aromatic N) is 2. The van der Waals surface area contributed by atoms with E-state index in [9.17, 15) is 13.5 Å². The summed E-state index contributed by atoms with van der Waals surface area (Å²) >= 11 is 1.60. The molecule has 0 spiro atoms. The first kappa shape index (κ1) is 15.4. The van der Waals surface area contributed by atoms with E-state index in [1.807, 2.05) is 16.8 Å². The van der Waals surface area contributed by atoms with Gasteiger partial charge in [-0.05, 0) is 22.4 Å². The molecule has 2 fully saturated rings. The topological polar surface area (TPSA) is 70.1 Å². The van der Waals surface area contributed by atoms with Crippen LogP contribution in [0.4, 0.5) is 0 Å². The lowest BCUT2D eigenvalue weighted by atomic mass is 9.92. The van der Waals surface area contributed by atoms with Crippen molar-refractivity contribution in [1.29, 1.82) is 0 Å². The lowest BCUT2D eigenvalue weighted by Gasteiger charge is -2.30. The van der Waals surface area contributed by atoms with Crippen LogP contribution in [0.2, 0.25) is 0 Å². The third-order valence-electron chi connectivity index (χ3n) is 4.24. The smallest absolute Gasteiger partial charge is 0.282 e. The van der Waals surface area contributed by atoms with E-state index in [1.165, 1.54) is 8.61 Å². The molecule has 1 aromatic rings. The Morgan fingerprint density at radius 2 is 2.05 bits per heavy atom. The predicted octanol–water partition coefficient (Wildman–Crippen LogP) is 0.333. The van der Waals surface area contributed by atoms with Crippen LogP contribution in [0.5, 0.6) is 0 Å². The number of rotatable bonds is 4. The third kappa shape index (κ3) is 3.01. The van der Waals surface area contributed by atoms with Crippen molar-refractivity contribution in [2.24, 2.45) is 5.92 Å². The Morgan fingerprint density at radius 3 is 2.67 bits per heavy atom. The highest BCUT2D eigenvalue weighted by Gasteiger charge is 2.41.